The molecule has 0 bridgehead atoms. The van der Waals surface area contributed by atoms with Crippen molar-refractivity contribution < 1.29 is 0 Å². The fourth-order valence-electron chi connectivity index (χ4n) is 2.55. The maximum Gasteiger partial charge on any atom is 0.145 e. The van der Waals surface area contributed by atoms with Gasteiger partial charge in [-0.2, -0.15) is 0 Å². The standard InChI is InChI=1S/C7H14N3PS/c12-11-8-2-1-3-9(11)5-7-10(11)6-4-8/h1-7H2. The molecule has 3 saturated heterocycles. The van der Waals surface area contributed by atoms with Crippen LogP contribution in [0.3, 0.4) is 0 Å². The Morgan fingerprint density at radius 3 is 1.67 bits per heavy atom. The molecule has 0 aliphatic carbocycles. The molecule has 3 aliphatic heterocycles. The zero-order valence-electron chi connectivity index (χ0n) is 7.15. The minimum absolute atomic E-state index is 1.23. The van der Waals surface area contributed by atoms with Gasteiger partial charge in [0.2, 0.25) is 0 Å². The van der Waals surface area contributed by atoms with Crippen LogP contribution in [0.5, 0.6) is 0 Å². The Bertz CT molecular complexity index is 233. The lowest BCUT2D eigenvalue weighted by Gasteiger charge is -2.39. The first kappa shape index (κ1) is 7.89. The van der Waals surface area contributed by atoms with Crippen LogP contribution in [-0.4, -0.2) is 53.3 Å². The summed E-state index contributed by atoms with van der Waals surface area (Å²) in [5, 5.41) is 0. The molecule has 0 atom stereocenters. The summed E-state index contributed by atoms with van der Waals surface area (Å²) in [7, 11) is 0. The first-order valence-corrected chi connectivity index (χ1v) is 7.34. The molecule has 0 spiro atoms. The van der Waals surface area contributed by atoms with E-state index in [4.69, 9.17) is 11.8 Å². The van der Waals surface area contributed by atoms with Crippen LogP contribution >= 0.6 is 6.49 Å². The molecule has 0 aromatic carbocycles. The average Bonchev–Trinajstić information content (AvgIpc) is 2.57. The summed E-state index contributed by atoms with van der Waals surface area (Å²) in [6.45, 7) is 6.12. The van der Waals surface area contributed by atoms with Crippen molar-refractivity contribution in [2.45, 2.75) is 6.42 Å². The molecule has 3 fully saturated rings. The number of rotatable bonds is 0. The van der Waals surface area contributed by atoms with E-state index in [-0.39, 0.29) is 0 Å². The molecular weight excluding hydrogens is 189 g/mol. The van der Waals surface area contributed by atoms with Gasteiger partial charge in [-0.3, -0.25) is 9.34 Å². The molecule has 0 amide bonds. The molecule has 12 heavy (non-hydrogen) atoms. The highest BCUT2D eigenvalue weighted by molar-refractivity contribution is 8.11. The van der Waals surface area contributed by atoms with Gasteiger partial charge in [-0.1, -0.05) is 0 Å². The topological polar surface area (TPSA) is 9.72 Å². The summed E-state index contributed by atoms with van der Waals surface area (Å²) in [6.07, 6.45) is 1.33. The van der Waals surface area contributed by atoms with Crippen LogP contribution in [0.25, 0.3) is 0 Å². The van der Waals surface area contributed by atoms with Crippen LogP contribution < -0.4 is 0 Å². The van der Waals surface area contributed by atoms with Gasteiger partial charge in [0.25, 0.3) is 0 Å². The van der Waals surface area contributed by atoms with Crippen LogP contribution in [0, 0.1) is 0 Å². The predicted molar refractivity (Wildman–Crippen MR) is 53.6 cm³/mol. The van der Waals surface area contributed by atoms with Crippen molar-refractivity contribution in [2.24, 2.45) is 0 Å². The molecule has 3 heterocycles. The van der Waals surface area contributed by atoms with Gasteiger partial charge in [-0.25, -0.2) is 4.67 Å². The quantitative estimate of drug-likeness (QED) is 0.532. The van der Waals surface area contributed by atoms with Gasteiger partial charge in [0.15, 0.2) is 0 Å². The Kier molecular flexibility index (Phi) is 1.66. The van der Waals surface area contributed by atoms with Gasteiger partial charge in [0, 0.05) is 39.3 Å². The Balaban J connectivity index is 2.04. The Hall–Kier alpha value is 0.530. The molecule has 0 aromatic heterocycles. The summed E-state index contributed by atoms with van der Waals surface area (Å²) < 4.78 is 7.69. The third-order valence-electron chi connectivity index (χ3n) is 3.17. The molecule has 3 nitrogen and oxygen atoms in total. The number of hydrogen-bond donors (Lipinski definition) is 0. The average molecular weight is 203 g/mol. The Labute approximate surface area is 78.5 Å². The summed E-state index contributed by atoms with van der Waals surface area (Å²) in [6, 6.07) is 0. The van der Waals surface area contributed by atoms with E-state index in [0.717, 1.165) is 0 Å². The molecular formula is C7H14N3PS. The van der Waals surface area contributed by atoms with Gasteiger partial charge in [0.05, 0.1) is 0 Å². The highest BCUT2D eigenvalue weighted by atomic mass is 32.4. The maximum absolute atomic E-state index is 5.84. The van der Waals surface area contributed by atoms with Crippen LogP contribution in [0.4, 0.5) is 0 Å². The van der Waals surface area contributed by atoms with Crippen molar-refractivity contribution in [3.05, 3.63) is 0 Å². The summed E-state index contributed by atoms with van der Waals surface area (Å²) in [4.78, 5) is 0. The first-order chi connectivity index (χ1) is 5.82. The second-order valence-corrected chi connectivity index (χ2v) is 7.92. The van der Waals surface area contributed by atoms with E-state index >= 15 is 0 Å². The lowest BCUT2D eigenvalue weighted by Crippen LogP contribution is -2.34. The maximum atomic E-state index is 5.84. The van der Waals surface area contributed by atoms with E-state index in [1.54, 1.807) is 0 Å². The highest BCUT2D eigenvalue weighted by Crippen LogP contribution is 2.64. The lowest BCUT2D eigenvalue weighted by molar-refractivity contribution is 0.342. The molecule has 0 radical (unpaired) electrons. The highest BCUT2D eigenvalue weighted by Gasteiger charge is 2.48. The van der Waals surface area contributed by atoms with Crippen molar-refractivity contribution in [1.82, 2.24) is 14.0 Å². The second kappa shape index (κ2) is 2.52. The summed E-state index contributed by atoms with van der Waals surface area (Å²) >= 11 is 5.84. The Morgan fingerprint density at radius 2 is 1.17 bits per heavy atom. The first-order valence-electron chi connectivity index (χ1n) is 4.68. The van der Waals surface area contributed by atoms with Crippen molar-refractivity contribution in [3.8, 4) is 0 Å². The minimum atomic E-state index is -1.31. The minimum Gasteiger partial charge on any atom is -0.250 e. The summed E-state index contributed by atoms with van der Waals surface area (Å²) in [5.74, 6) is 0. The third-order valence-corrected chi connectivity index (χ3v) is 8.66. The molecule has 0 unspecified atom stereocenters. The molecule has 3 rings (SSSR count). The molecule has 68 valence electrons. The predicted octanol–water partition coefficient (Wildman–Crippen LogP) is 0.548. The van der Waals surface area contributed by atoms with Crippen molar-refractivity contribution >= 4 is 18.3 Å². The molecule has 0 aromatic rings. The largest absolute Gasteiger partial charge is 0.250 e. The van der Waals surface area contributed by atoms with E-state index in [0.29, 0.717) is 0 Å². The van der Waals surface area contributed by atoms with E-state index in [1.807, 2.05) is 0 Å². The van der Waals surface area contributed by atoms with Gasteiger partial charge in [0.1, 0.15) is 6.49 Å². The van der Waals surface area contributed by atoms with Crippen LogP contribution in [0.1, 0.15) is 6.42 Å². The normalized spacial score (nSPS) is 35.7. The number of nitrogens with zero attached hydrogens (tertiary/aromatic N) is 3. The van der Waals surface area contributed by atoms with Crippen molar-refractivity contribution in [1.29, 1.82) is 0 Å². The second-order valence-electron chi connectivity index (χ2n) is 3.73. The Morgan fingerprint density at radius 1 is 0.750 bits per heavy atom. The van der Waals surface area contributed by atoms with E-state index < -0.39 is 6.49 Å². The molecule has 0 N–H and O–H groups in total. The van der Waals surface area contributed by atoms with Gasteiger partial charge in [-0.05, 0) is 18.2 Å². The zero-order chi connectivity index (χ0) is 8.18. The fraction of sp³-hybridized carbons (Fsp3) is 1.00. The van der Waals surface area contributed by atoms with Gasteiger partial charge < -0.3 is 0 Å². The van der Waals surface area contributed by atoms with Crippen LogP contribution in [-0.2, 0) is 11.8 Å². The van der Waals surface area contributed by atoms with Gasteiger partial charge in [-0.15, -0.1) is 0 Å². The lowest BCUT2D eigenvalue weighted by atomic mass is 10.4. The molecule has 5 heteroatoms. The van der Waals surface area contributed by atoms with Gasteiger partial charge >= 0.3 is 0 Å². The van der Waals surface area contributed by atoms with Crippen LogP contribution in [0.2, 0.25) is 0 Å². The van der Waals surface area contributed by atoms with E-state index in [1.165, 1.54) is 45.7 Å². The van der Waals surface area contributed by atoms with Crippen LogP contribution in [0.15, 0.2) is 0 Å². The molecule has 3 aliphatic rings. The monoisotopic (exact) mass is 203 g/mol. The van der Waals surface area contributed by atoms with Crippen molar-refractivity contribution in [2.75, 3.05) is 39.3 Å². The zero-order valence-corrected chi connectivity index (χ0v) is 8.86. The smallest absolute Gasteiger partial charge is 0.145 e. The third kappa shape index (κ3) is 0.802. The van der Waals surface area contributed by atoms with E-state index in [9.17, 15) is 0 Å². The van der Waals surface area contributed by atoms with Crippen molar-refractivity contribution in [3.63, 3.8) is 0 Å². The molecule has 0 saturated carbocycles. The number of hydrogen-bond acceptors (Lipinski definition) is 1. The SMILES string of the molecule is S=P12N3CCCN1CCN2CC3. The fourth-order valence-corrected chi connectivity index (χ4v) is 7.30. The van der Waals surface area contributed by atoms with E-state index in [2.05, 4.69) is 14.0 Å². The summed E-state index contributed by atoms with van der Waals surface area (Å²) in [5.41, 5.74) is 0.